The molecule has 2 aromatic rings. The summed E-state index contributed by atoms with van der Waals surface area (Å²) in [7, 11) is 3.81. The molecule has 2 aromatic carbocycles. The highest BCUT2D eigenvalue weighted by Crippen LogP contribution is 2.29. The van der Waals surface area contributed by atoms with Gasteiger partial charge < -0.3 is 9.47 Å². The molecule has 0 spiro atoms. The highest BCUT2D eigenvalue weighted by atomic mass is 32.2. The molecule has 23 heavy (non-hydrogen) atoms. The van der Waals surface area contributed by atoms with Crippen LogP contribution in [0.3, 0.4) is 0 Å². The quantitative estimate of drug-likeness (QED) is 0.753. The van der Waals surface area contributed by atoms with Crippen molar-refractivity contribution in [2.45, 2.75) is 12.8 Å². The van der Waals surface area contributed by atoms with Crippen LogP contribution >= 0.6 is 0 Å². The van der Waals surface area contributed by atoms with Crippen molar-refractivity contribution in [3.63, 3.8) is 0 Å². The standard InChI is InChI=1S/C20H23O2S/c1-21-18-9-5-16(6-10-18)20(15-23-13-3-4-14-23)17-7-11-19(22-2)12-8-17/h5-12,15H,3-4,13-14H2,1-2H3/q+1. The first-order valence-corrected chi connectivity index (χ1v) is 9.60. The molecule has 0 N–H and O–H groups in total. The molecule has 0 saturated carbocycles. The summed E-state index contributed by atoms with van der Waals surface area (Å²) < 4.78 is 10.6. The second-order valence-corrected chi connectivity index (χ2v) is 7.77. The van der Waals surface area contributed by atoms with Gasteiger partial charge in [-0.15, -0.1) is 0 Å². The van der Waals surface area contributed by atoms with Crippen LogP contribution in [0.2, 0.25) is 0 Å². The molecule has 0 unspecified atom stereocenters. The third-order valence-corrected chi connectivity index (χ3v) is 6.34. The minimum Gasteiger partial charge on any atom is -0.497 e. The third-order valence-electron chi connectivity index (χ3n) is 4.15. The Bertz CT molecular complexity index is 604. The fourth-order valence-corrected chi connectivity index (χ4v) is 5.00. The number of hydrogen-bond acceptors (Lipinski definition) is 2. The monoisotopic (exact) mass is 327 g/mol. The largest absolute Gasteiger partial charge is 0.497 e. The first kappa shape index (κ1) is 16.0. The van der Waals surface area contributed by atoms with E-state index in [1.807, 2.05) is 24.3 Å². The average molecular weight is 327 g/mol. The van der Waals surface area contributed by atoms with Gasteiger partial charge in [0.15, 0.2) is 0 Å². The first-order chi connectivity index (χ1) is 11.3. The van der Waals surface area contributed by atoms with Gasteiger partial charge in [0.25, 0.3) is 0 Å². The molecule has 1 aliphatic rings. The molecule has 0 bridgehead atoms. The summed E-state index contributed by atoms with van der Waals surface area (Å²) in [6.07, 6.45) is 2.72. The van der Waals surface area contributed by atoms with Gasteiger partial charge in [-0.25, -0.2) is 0 Å². The van der Waals surface area contributed by atoms with Crippen molar-refractivity contribution in [2.24, 2.45) is 0 Å². The molecule has 0 atom stereocenters. The number of hydrogen-bond donors (Lipinski definition) is 0. The molecule has 0 radical (unpaired) electrons. The second kappa shape index (κ2) is 7.60. The van der Waals surface area contributed by atoms with Crippen LogP contribution in [0.5, 0.6) is 11.5 Å². The van der Waals surface area contributed by atoms with Crippen LogP contribution in [-0.4, -0.2) is 25.7 Å². The topological polar surface area (TPSA) is 18.5 Å². The average Bonchev–Trinajstić information content (AvgIpc) is 3.13. The van der Waals surface area contributed by atoms with Crippen molar-refractivity contribution >= 4 is 16.5 Å². The van der Waals surface area contributed by atoms with Gasteiger partial charge in [0.2, 0.25) is 0 Å². The predicted molar refractivity (Wildman–Crippen MR) is 99.4 cm³/mol. The van der Waals surface area contributed by atoms with Gasteiger partial charge in [0.05, 0.1) is 14.2 Å². The van der Waals surface area contributed by atoms with Crippen LogP contribution in [0.1, 0.15) is 24.0 Å². The predicted octanol–water partition coefficient (Wildman–Crippen LogP) is 4.51. The summed E-state index contributed by atoms with van der Waals surface area (Å²) in [6, 6.07) is 16.7. The molecule has 0 aromatic heterocycles. The van der Waals surface area contributed by atoms with Crippen molar-refractivity contribution in [2.75, 3.05) is 25.7 Å². The van der Waals surface area contributed by atoms with E-state index in [2.05, 4.69) is 29.7 Å². The lowest BCUT2D eigenvalue weighted by Gasteiger charge is -2.09. The molecule has 1 aliphatic heterocycles. The lowest BCUT2D eigenvalue weighted by Crippen LogP contribution is -2.01. The van der Waals surface area contributed by atoms with Crippen molar-refractivity contribution in [1.29, 1.82) is 0 Å². The first-order valence-electron chi connectivity index (χ1n) is 7.97. The molecule has 120 valence electrons. The minimum absolute atomic E-state index is 0.403. The van der Waals surface area contributed by atoms with Crippen LogP contribution in [0.4, 0.5) is 0 Å². The normalized spacial score (nSPS) is 14.5. The summed E-state index contributed by atoms with van der Waals surface area (Å²) in [4.78, 5) is 0. The molecule has 1 saturated heterocycles. The Morgan fingerprint density at radius 1 is 0.783 bits per heavy atom. The summed E-state index contributed by atoms with van der Waals surface area (Å²) >= 11 is 0. The summed E-state index contributed by atoms with van der Waals surface area (Å²) in [5, 5.41) is 2.48. The number of benzene rings is 2. The van der Waals surface area contributed by atoms with E-state index in [-0.39, 0.29) is 0 Å². The Hall–Kier alpha value is -1.87. The molecular weight excluding hydrogens is 304 g/mol. The molecule has 1 heterocycles. The molecule has 1 fully saturated rings. The fourth-order valence-electron chi connectivity index (χ4n) is 2.81. The van der Waals surface area contributed by atoms with E-state index in [4.69, 9.17) is 9.47 Å². The van der Waals surface area contributed by atoms with E-state index in [9.17, 15) is 0 Å². The molecule has 0 amide bonds. The van der Waals surface area contributed by atoms with Crippen molar-refractivity contribution in [3.05, 3.63) is 65.1 Å². The van der Waals surface area contributed by atoms with E-state index >= 15 is 0 Å². The van der Waals surface area contributed by atoms with Gasteiger partial charge in [-0.3, -0.25) is 0 Å². The van der Waals surface area contributed by atoms with E-state index in [0.29, 0.717) is 10.9 Å². The van der Waals surface area contributed by atoms with Crippen LogP contribution < -0.4 is 9.47 Å². The van der Waals surface area contributed by atoms with Crippen molar-refractivity contribution in [3.8, 4) is 11.5 Å². The van der Waals surface area contributed by atoms with Crippen molar-refractivity contribution < 1.29 is 9.47 Å². The highest BCUT2D eigenvalue weighted by molar-refractivity contribution is 8.00. The van der Waals surface area contributed by atoms with Crippen LogP contribution in [0, 0.1) is 0 Å². The molecule has 2 nitrogen and oxygen atoms in total. The molecule has 3 rings (SSSR count). The van der Waals surface area contributed by atoms with Crippen LogP contribution in [0.15, 0.2) is 53.9 Å². The number of methoxy groups -OCH3 is 2. The Kier molecular flexibility index (Phi) is 5.29. The van der Waals surface area contributed by atoms with E-state index in [1.54, 1.807) is 14.2 Å². The van der Waals surface area contributed by atoms with Gasteiger partial charge >= 0.3 is 0 Å². The van der Waals surface area contributed by atoms with E-state index in [0.717, 1.165) is 11.5 Å². The van der Waals surface area contributed by atoms with Crippen LogP contribution in [-0.2, 0) is 10.9 Å². The van der Waals surface area contributed by atoms with E-state index < -0.39 is 0 Å². The maximum Gasteiger partial charge on any atom is 0.127 e. The maximum atomic E-state index is 5.28. The summed E-state index contributed by atoms with van der Waals surface area (Å²) in [6.45, 7) is 0. The lowest BCUT2D eigenvalue weighted by atomic mass is 9.99. The van der Waals surface area contributed by atoms with Crippen molar-refractivity contribution in [1.82, 2.24) is 0 Å². The smallest absolute Gasteiger partial charge is 0.127 e. The highest BCUT2D eigenvalue weighted by Gasteiger charge is 2.23. The zero-order valence-electron chi connectivity index (χ0n) is 13.7. The minimum atomic E-state index is 0.403. The Labute approximate surface area is 141 Å². The van der Waals surface area contributed by atoms with Gasteiger partial charge in [-0.1, -0.05) is 24.3 Å². The Balaban J connectivity index is 1.97. The van der Waals surface area contributed by atoms with Gasteiger partial charge in [0.1, 0.15) is 28.4 Å². The van der Waals surface area contributed by atoms with Gasteiger partial charge in [-0.05, 0) is 48.2 Å². The maximum absolute atomic E-state index is 5.28. The van der Waals surface area contributed by atoms with E-state index in [1.165, 1.54) is 41.0 Å². The zero-order chi connectivity index (χ0) is 16.1. The Morgan fingerprint density at radius 3 is 1.61 bits per heavy atom. The molecule has 0 aliphatic carbocycles. The summed E-state index contributed by atoms with van der Waals surface area (Å²) in [5.74, 6) is 4.45. The van der Waals surface area contributed by atoms with Crippen LogP contribution in [0.25, 0.3) is 5.57 Å². The SMILES string of the molecule is COc1ccc(C(=C[S+]2CCCC2)c2ccc(OC)cc2)cc1. The summed E-state index contributed by atoms with van der Waals surface area (Å²) in [5.41, 5.74) is 3.81. The van der Waals surface area contributed by atoms with Gasteiger partial charge in [0, 0.05) is 16.5 Å². The lowest BCUT2D eigenvalue weighted by molar-refractivity contribution is 0.414. The Morgan fingerprint density at radius 2 is 1.22 bits per heavy atom. The number of ether oxygens (including phenoxy) is 2. The third kappa shape index (κ3) is 3.91. The molecular formula is C20H23O2S+. The second-order valence-electron chi connectivity index (χ2n) is 5.64. The number of rotatable bonds is 5. The van der Waals surface area contributed by atoms with Gasteiger partial charge in [-0.2, -0.15) is 0 Å². The zero-order valence-corrected chi connectivity index (χ0v) is 14.6. The fraction of sp³-hybridized carbons (Fsp3) is 0.300. The molecule has 3 heteroatoms.